The molecule has 6 rings (SSSR count). The van der Waals surface area contributed by atoms with Crippen LogP contribution in [-0.4, -0.2) is 110 Å². The molecular formula is C35H47BrN10O2S. The zero-order valence-electron chi connectivity index (χ0n) is 29.0. The second kappa shape index (κ2) is 15.5. The first-order valence-electron chi connectivity index (χ1n) is 16.8. The van der Waals surface area contributed by atoms with Gasteiger partial charge < -0.3 is 40.4 Å². The van der Waals surface area contributed by atoms with Gasteiger partial charge in [-0.05, 0) is 78.0 Å². The van der Waals surface area contributed by atoms with E-state index in [1.165, 1.54) is 17.3 Å². The maximum absolute atomic E-state index is 12.4. The van der Waals surface area contributed by atoms with Crippen LogP contribution in [0, 0.1) is 5.41 Å². The first-order valence-corrected chi connectivity index (χ1v) is 19.1. The number of methoxy groups -OCH3 is 1. The monoisotopic (exact) mass is 750 g/mol. The van der Waals surface area contributed by atoms with E-state index in [9.17, 15) is 4.55 Å². The van der Waals surface area contributed by atoms with Gasteiger partial charge in [-0.1, -0.05) is 0 Å². The molecule has 0 amide bonds. The summed E-state index contributed by atoms with van der Waals surface area (Å²) < 4.78 is 20.8. The van der Waals surface area contributed by atoms with Crippen molar-refractivity contribution in [2.45, 2.75) is 31.7 Å². The molecular weight excluding hydrogens is 704 g/mol. The minimum atomic E-state index is -1.19. The van der Waals surface area contributed by atoms with Crippen LogP contribution in [0.25, 0.3) is 5.57 Å². The van der Waals surface area contributed by atoms with Gasteiger partial charge in [0.15, 0.2) is 0 Å². The third kappa shape index (κ3) is 7.78. The zero-order valence-corrected chi connectivity index (χ0v) is 31.4. The summed E-state index contributed by atoms with van der Waals surface area (Å²) in [6, 6.07) is 8.91. The summed E-state index contributed by atoms with van der Waals surface area (Å²) in [5, 5.41) is 18.2. The van der Waals surface area contributed by atoms with Gasteiger partial charge in [-0.15, -0.1) is 0 Å². The van der Waals surface area contributed by atoms with E-state index in [1.807, 2.05) is 26.4 Å². The van der Waals surface area contributed by atoms with E-state index < -0.39 is 11.4 Å². The number of anilines is 6. The second-order valence-corrected chi connectivity index (χ2v) is 15.1. The van der Waals surface area contributed by atoms with E-state index in [0.717, 1.165) is 93.2 Å². The largest absolute Gasteiger partial charge is 0.593 e. The Morgan fingerprint density at radius 2 is 1.78 bits per heavy atom. The molecule has 1 unspecified atom stereocenters. The lowest BCUT2D eigenvalue weighted by Gasteiger charge is -2.43. The topological polar surface area (TPSA) is 131 Å². The number of hydrogen-bond donors (Lipinski definition) is 4. The summed E-state index contributed by atoms with van der Waals surface area (Å²) in [5.74, 6) is 1.61. The summed E-state index contributed by atoms with van der Waals surface area (Å²) in [7, 11) is 7.55. The van der Waals surface area contributed by atoms with Crippen molar-refractivity contribution in [1.82, 2.24) is 25.1 Å². The normalized spacial score (nSPS) is 17.9. The fraction of sp³-hybridized carbons (Fsp3) is 0.457. The molecule has 0 bridgehead atoms. The Kier molecular flexibility index (Phi) is 11.2. The highest BCUT2D eigenvalue weighted by Gasteiger charge is 2.29. The molecule has 1 aromatic heterocycles. The molecule has 2 saturated heterocycles. The van der Waals surface area contributed by atoms with Crippen molar-refractivity contribution in [3.63, 3.8) is 0 Å². The highest BCUT2D eigenvalue weighted by molar-refractivity contribution is 9.10. The number of allylic oxidation sites excluding steroid dienone is 1. The summed E-state index contributed by atoms with van der Waals surface area (Å²) in [4.78, 5) is 16.9. The average Bonchev–Trinajstić information content (AvgIpc) is 3.10. The lowest BCUT2D eigenvalue weighted by Crippen LogP contribution is -2.52. The number of nitrogens with one attached hydrogen (secondary N) is 4. The van der Waals surface area contributed by atoms with Gasteiger partial charge in [0.25, 0.3) is 0 Å². The molecule has 4 N–H and O–H groups in total. The molecule has 0 radical (unpaired) electrons. The quantitative estimate of drug-likeness (QED) is 0.148. The van der Waals surface area contributed by atoms with Crippen LogP contribution >= 0.6 is 15.9 Å². The third-order valence-electron chi connectivity index (χ3n) is 9.89. The van der Waals surface area contributed by atoms with Gasteiger partial charge in [0.05, 0.1) is 41.4 Å². The Morgan fingerprint density at radius 1 is 1.06 bits per heavy atom. The zero-order chi connectivity index (χ0) is 34.7. The fourth-order valence-electron chi connectivity index (χ4n) is 6.84. The van der Waals surface area contributed by atoms with Crippen LogP contribution in [0.4, 0.5) is 34.5 Å². The number of aromatic nitrogens is 2. The molecule has 2 fully saturated rings. The molecule has 12 nitrogen and oxygen atoms in total. The van der Waals surface area contributed by atoms with Crippen LogP contribution < -0.4 is 29.9 Å². The molecule has 0 saturated carbocycles. The average molecular weight is 752 g/mol. The van der Waals surface area contributed by atoms with Crippen molar-refractivity contribution in [2.24, 2.45) is 0 Å². The van der Waals surface area contributed by atoms with Crippen LogP contribution in [0.1, 0.15) is 29.5 Å². The maximum Gasteiger partial charge on any atom is 0.229 e. The van der Waals surface area contributed by atoms with E-state index in [4.69, 9.17) is 15.1 Å². The number of ether oxygens (including phenoxy) is 1. The molecule has 3 heterocycles. The summed E-state index contributed by atoms with van der Waals surface area (Å²) >= 11 is 2.43. The Morgan fingerprint density at radius 3 is 2.41 bits per heavy atom. The van der Waals surface area contributed by atoms with Gasteiger partial charge in [-0.3, -0.25) is 4.90 Å². The van der Waals surface area contributed by atoms with Crippen molar-refractivity contribution >= 4 is 73.6 Å². The minimum Gasteiger partial charge on any atom is -0.593 e. The van der Waals surface area contributed by atoms with Gasteiger partial charge >= 0.3 is 0 Å². The molecule has 1 aliphatic carbocycles. The highest BCUT2D eigenvalue weighted by Crippen LogP contribution is 2.41. The maximum atomic E-state index is 12.4. The molecule has 49 heavy (non-hydrogen) atoms. The van der Waals surface area contributed by atoms with Gasteiger partial charge in [0, 0.05) is 93.9 Å². The minimum absolute atomic E-state index is 0.377. The van der Waals surface area contributed by atoms with E-state index in [1.54, 1.807) is 23.9 Å². The molecule has 0 spiro atoms. The van der Waals surface area contributed by atoms with Crippen LogP contribution in [0.15, 0.2) is 41.1 Å². The summed E-state index contributed by atoms with van der Waals surface area (Å²) in [6.07, 6.45) is 10.9. The molecule has 14 heteroatoms. The van der Waals surface area contributed by atoms with Crippen molar-refractivity contribution < 1.29 is 9.29 Å². The number of likely N-dealkylation sites (N-methyl/N-ethyl adjacent to an activating group) is 1. The second-order valence-electron chi connectivity index (χ2n) is 12.9. The van der Waals surface area contributed by atoms with E-state index in [0.29, 0.717) is 33.7 Å². The lowest BCUT2D eigenvalue weighted by molar-refractivity contribution is 0.0982. The summed E-state index contributed by atoms with van der Waals surface area (Å²) in [6.45, 7) is 6.37. The standard InChI is InChI=1S/C35H47BrN10O2S/c1-38-21-25(20-37)27-18-30(33(48-4)19-31(27)46-10-8-26(9-11-46)45-14-12-43(2)13-15-45)41-35-39-22-28(36)34(42-35)40-29-16-23-6-7-24(23)17-32(29)44(3)49(5)47/h16-22,26,37-38H,6-15H2,1-5H3,(H2,39,40,41,42)/b25-21+,37-20?. The van der Waals surface area contributed by atoms with E-state index >= 15 is 0 Å². The number of halogens is 1. The van der Waals surface area contributed by atoms with Crippen LogP contribution in [-0.2, 0) is 24.2 Å². The van der Waals surface area contributed by atoms with Crippen molar-refractivity contribution in [3.8, 4) is 5.75 Å². The first-order chi connectivity index (χ1) is 23.7. The molecule has 262 valence electrons. The lowest BCUT2D eigenvalue weighted by atomic mass is 9.87. The number of rotatable bonds is 12. The molecule has 1 atom stereocenters. The van der Waals surface area contributed by atoms with E-state index in [2.05, 4.69) is 76.8 Å². The van der Waals surface area contributed by atoms with Crippen LogP contribution in [0.2, 0.25) is 0 Å². The predicted octanol–water partition coefficient (Wildman–Crippen LogP) is 4.99. The third-order valence-corrected chi connectivity index (χ3v) is 11.4. The Labute approximate surface area is 301 Å². The Balaban J connectivity index is 1.28. The highest BCUT2D eigenvalue weighted by atomic mass is 79.9. The van der Waals surface area contributed by atoms with Gasteiger partial charge in [-0.2, -0.15) is 9.29 Å². The van der Waals surface area contributed by atoms with Crippen molar-refractivity contribution in [3.05, 3.63) is 57.8 Å². The number of aryl methyl sites for hydroxylation is 2. The molecule has 3 aliphatic rings. The molecule has 3 aromatic rings. The smallest absolute Gasteiger partial charge is 0.229 e. The molecule has 2 aromatic carbocycles. The fourth-order valence-corrected chi connectivity index (χ4v) is 7.55. The number of fused-ring (bicyclic) bond motifs is 1. The van der Waals surface area contributed by atoms with Crippen molar-refractivity contribution in [2.75, 3.05) is 93.6 Å². The van der Waals surface area contributed by atoms with Gasteiger partial charge in [0.1, 0.15) is 23.5 Å². The number of piperazine rings is 1. The van der Waals surface area contributed by atoms with Crippen LogP contribution in [0.3, 0.4) is 0 Å². The SMILES string of the molecule is CN/C=C(\C=N)c1cc(Nc2ncc(Br)c(Nc3cc4c(cc3N(C)[S+](C)[O-])CC4)n2)c(OC)cc1N1CCC(N2CCN(C)CC2)CC1. The van der Waals surface area contributed by atoms with Gasteiger partial charge in [-0.25, -0.2) is 4.98 Å². The first kappa shape index (κ1) is 35.3. The number of benzene rings is 2. The Bertz CT molecular complexity index is 1690. The Hall–Kier alpha value is -3.56. The summed E-state index contributed by atoms with van der Waals surface area (Å²) in [5.41, 5.74) is 7.64. The number of nitrogens with zero attached hydrogens (tertiary/aromatic N) is 6. The predicted molar refractivity (Wildman–Crippen MR) is 206 cm³/mol. The molecule has 2 aliphatic heterocycles. The van der Waals surface area contributed by atoms with Crippen LogP contribution in [0.5, 0.6) is 5.75 Å². The van der Waals surface area contributed by atoms with E-state index in [-0.39, 0.29) is 0 Å². The van der Waals surface area contributed by atoms with Gasteiger partial charge in [0.2, 0.25) is 5.95 Å². The van der Waals surface area contributed by atoms with Crippen molar-refractivity contribution in [1.29, 1.82) is 5.41 Å². The number of hydrogen-bond acceptors (Lipinski definition) is 12. The number of piperidine rings is 1.